The Kier molecular flexibility index (Phi) is 3.52. The van der Waals surface area contributed by atoms with Gasteiger partial charge < -0.3 is 14.9 Å². The van der Waals surface area contributed by atoms with Crippen molar-refractivity contribution in [1.29, 1.82) is 0 Å². The van der Waals surface area contributed by atoms with E-state index in [1.54, 1.807) is 18.2 Å². The van der Waals surface area contributed by atoms with Gasteiger partial charge in [0.05, 0.1) is 0 Å². The topological polar surface area (TPSA) is 83.8 Å². The van der Waals surface area contributed by atoms with Gasteiger partial charge in [0.15, 0.2) is 0 Å². The number of benzene rings is 1. The lowest BCUT2D eigenvalue weighted by Crippen LogP contribution is -2.60. The molecular formula is C20H24O5. The molecule has 0 aliphatic heterocycles. The molecule has 1 aromatic rings. The number of phenols is 1. The van der Waals surface area contributed by atoms with Crippen LogP contribution in [0.5, 0.6) is 5.75 Å². The largest absolute Gasteiger partial charge is 0.508 e. The number of hydrogen-bond acceptors (Lipinski definition) is 5. The molecule has 5 atom stereocenters. The average Bonchev–Trinajstić information content (AvgIpc) is 2.82. The van der Waals surface area contributed by atoms with Gasteiger partial charge in [-0.05, 0) is 54.4 Å². The maximum atomic E-state index is 12.6. The van der Waals surface area contributed by atoms with Gasteiger partial charge in [0.25, 0.3) is 0 Å². The Bertz CT molecular complexity index is 756. The van der Waals surface area contributed by atoms with Gasteiger partial charge in [-0.25, -0.2) is 0 Å². The molecule has 2 fully saturated rings. The summed E-state index contributed by atoms with van der Waals surface area (Å²) in [6.45, 7) is 3.30. The highest BCUT2D eigenvalue weighted by Crippen LogP contribution is 2.61. The van der Waals surface area contributed by atoms with Crippen LogP contribution in [0.4, 0.5) is 0 Å². The summed E-state index contributed by atoms with van der Waals surface area (Å²) in [4.78, 5) is 24.3. The predicted octanol–water partition coefficient (Wildman–Crippen LogP) is 2.46. The maximum absolute atomic E-state index is 12.6. The summed E-state index contributed by atoms with van der Waals surface area (Å²) in [5.41, 5.74) is -0.217. The molecule has 0 amide bonds. The van der Waals surface area contributed by atoms with E-state index in [4.69, 9.17) is 4.74 Å². The minimum Gasteiger partial charge on any atom is -0.508 e. The van der Waals surface area contributed by atoms with E-state index in [0.29, 0.717) is 12.8 Å². The van der Waals surface area contributed by atoms with Gasteiger partial charge in [0, 0.05) is 25.2 Å². The third kappa shape index (κ3) is 2.18. The second-order valence-corrected chi connectivity index (χ2v) is 8.10. The van der Waals surface area contributed by atoms with E-state index in [1.165, 1.54) is 6.92 Å². The summed E-state index contributed by atoms with van der Waals surface area (Å²) in [5, 5.41) is 21.6. The van der Waals surface area contributed by atoms with Crippen LogP contribution in [0.1, 0.15) is 50.7 Å². The summed E-state index contributed by atoms with van der Waals surface area (Å²) in [6, 6.07) is 4.99. The number of carbonyl (C=O) groups excluding carboxylic acids is 2. The van der Waals surface area contributed by atoms with Crippen molar-refractivity contribution in [2.75, 3.05) is 0 Å². The number of Topliss-reactive ketones (excluding diaryl/α,β-unsaturated/α-hetero) is 1. The Balaban J connectivity index is 1.87. The van der Waals surface area contributed by atoms with Crippen molar-refractivity contribution >= 4 is 11.8 Å². The Morgan fingerprint density at radius 1 is 1.24 bits per heavy atom. The van der Waals surface area contributed by atoms with E-state index in [2.05, 4.69) is 0 Å². The van der Waals surface area contributed by atoms with Crippen LogP contribution < -0.4 is 0 Å². The second kappa shape index (κ2) is 5.31. The lowest BCUT2D eigenvalue weighted by molar-refractivity contribution is -0.214. The lowest BCUT2D eigenvalue weighted by atomic mass is 9.52. The molecule has 134 valence electrons. The number of phenolic OH excluding ortho intramolecular Hbond substituents is 1. The van der Waals surface area contributed by atoms with Gasteiger partial charge in [0.2, 0.25) is 0 Å². The Morgan fingerprint density at radius 2 is 1.96 bits per heavy atom. The number of esters is 1. The number of aryl methyl sites for hydroxylation is 1. The molecule has 2 N–H and O–H groups in total. The number of carbonyl (C=O) groups is 2. The van der Waals surface area contributed by atoms with Gasteiger partial charge in [-0.2, -0.15) is 0 Å². The first-order chi connectivity index (χ1) is 11.8. The van der Waals surface area contributed by atoms with Gasteiger partial charge in [-0.3, -0.25) is 9.59 Å². The predicted molar refractivity (Wildman–Crippen MR) is 89.8 cm³/mol. The van der Waals surface area contributed by atoms with Crippen molar-refractivity contribution in [3.63, 3.8) is 0 Å². The van der Waals surface area contributed by atoms with Crippen molar-refractivity contribution in [2.24, 2.45) is 17.3 Å². The van der Waals surface area contributed by atoms with Crippen LogP contribution >= 0.6 is 0 Å². The van der Waals surface area contributed by atoms with Crippen molar-refractivity contribution in [3.8, 4) is 5.75 Å². The van der Waals surface area contributed by atoms with E-state index in [9.17, 15) is 19.8 Å². The molecule has 25 heavy (non-hydrogen) atoms. The summed E-state index contributed by atoms with van der Waals surface area (Å²) in [6.07, 6.45) is 2.37. The van der Waals surface area contributed by atoms with E-state index >= 15 is 0 Å². The van der Waals surface area contributed by atoms with Crippen LogP contribution in [-0.4, -0.2) is 28.1 Å². The monoisotopic (exact) mass is 344 g/mol. The van der Waals surface area contributed by atoms with Crippen LogP contribution in [0.2, 0.25) is 0 Å². The third-order valence-corrected chi connectivity index (χ3v) is 6.84. The molecule has 2 saturated carbocycles. The fourth-order valence-electron chi connectivity index (χ4n) is 5.71. The Morgan fingerprint density at radius 3 is 2.68 bits per heavy atom. The van der Waals surface area contributed by atoms with Gasteiger partial charge >= 0.3 is 5.97 Å². The standard InChI is InChI=1S/C20H24O5/c1-11(21)25-18-10-19(2)15(7-8-17(19)23)16-5-3-12-9-13(22)4-6-14(12)20(16,18)24/h4,6,9,15-16,18,22,24H,3,5,7-8,10H2,1-2H3/t15-,16+,18-,19+,20-/m1/s1. The number of rotatable bonds is 1. The molecular weight excluding hydrogens is 320 g/mol. The van der Waals surface area contributed by atoms with Crippen LogP contribution in [0.25, 0.3) is 0 Å². The summed E-state index contributed by atoms with van der Waals surface area (Å²) < 4.78 is 5.57. The molecule has 4 rings (SSSR count). The third-order valence-electron chi connectivity index (χ3n) is 6.84. The van der Waals surface area contributed by atoms with Crippen LogP contribution in [0.15, 0.2) is 18.2 Å². The normalized spacial score (nSPS) is 39.3. The van der Waals surface area contributed by atoms with Crippen LogP contribution in [0, 0.1) is 17.3 Å². The molecule has 1 aromatic carbocycles. The number of aliphatic hydroxyl groups is 1. The van der Waals surface area contributed by atoms with Gasteiger partial charge in [0.1, 0.15) is 23.2 Å². The minimum atomic E-state index is -1.30. The molecule has 5 heteroatoms. The van der Waals surface area contributed by atoms with Crippen molar-refractivity contribution in [1.82, 2.24) is 0 Å². The van der Waals surface area contributed by atoms with Crippen molar-refractivity contribution in [2.45, 2.75) is 57.7 Å². The van der Waals surface area contributed by atoms with E-state index in [0.717, 1.165) is 30.4 Å². The molecule has 5 nitrogen and oxygen atoms in total. The van der Waals surface area contributed by atoms with Crippen molar-refractivity contribution in [3.05, 3.63) is 29.3 Å². The van der Waals surface area contributed by atoms with Gasteiger partial charge in [-0.1, -0.05) is 13.0 Å². The first-order valence-corrected chi connectivity index (χ1v) is 9.02. The van der Waals surface area contributed by atoms with Crippen molar-refractivity contribution < 1.29 is 24.5 Å². The molecule has 0 spiro atoms. The maximum Gasteiger partial charge on any atom is 0.303 e. The molecule has 0 unspecified atom stereocenters. The quantitative estimate of drug-likeness (QED) is 0.765. The molecule has 0 saturated heterocycles. The van der Waals surface area contributed by atoms with Crippen LogP contribution in [-0.2, 0) is 26.3 Å². The SMILES string of the molecule is CC(=O)O[C@@H]1C[C@]2(C)C(=O)CC[C@@H]2[C@@H]2CCc3cc(O)ccc3[C@]12O. The number of hydrogen-bond donors (Lipinski definition) is 2. The Labute approximate surface area is 147 Å². The molecule has 3 aliphatic rings. The number of fused-ring (bicyclic) bond motifs is 5. The molecule has 3 aliphatic carbocycles. The van der Waals surface area contributed by atoms with E-state index in [-0.39, 0.29) is 23.4 Å². The Hall–Kier alpha value is -1.88. The van der Waals surface area contributed by atoms with E-state index in [1.807, 2.05) is 6.92 Å². The van der Waals surface area contributed by atoms with Gasteiger partial charge in [-0.15, -0.1) is 0 Å². The number of aromatic hydroxyl groups is 1. The second-order valence-electron chi connectivity index (χ2n) is 8.10. The molecule has 0 radical (unpaired) electrons. The highest BCUT2D eigenvalue weighted by Gasteiger charge is 2.65. The summed E-state index contributed by atoms with van der Waals surface area (Å²) in [7, 11) is 0. The zero-order chi connectivity index (χ0) is 18.0. The average molecular weight is 344 g/mol. The smallest absolute Gasteiger partial charge is 0.303 e. The first-order valence-electron chi connectivity index (χ1n) is 9.02. The lowest BCUT2D eigenvalue weighted by Gasteiger charge is -2.56. The fourth-order valence-corrected chi connectivity index (χ4v) is 5.71. The minimum absolute atomic E-state index is 0.0961. The summed E-state index contributed by atoms with van der Waals surface area (Å²) in [5.74, 6) is -0.0943. The van der Waals surface area contributed by atoms with Crippen LogP contribution in [0.3, 0.4) is 0 Å². The highest BCUT2D eigenvalue weighted by molar-refractivity contribution is 5.87. The zero-order valence-corrected chi connectivity index (χ0v) is 14.6. The first kappa shape index (κ1) is 16.6. The number of ether oxygens (including phenoxy) is 1. The number of ketones is 1. The highest BCUT2D eigenvalue weighted by atomic mass is 16.6. The fraction of sp³-hybridized carbons (Fsp3) is 0.600. The molecule has 0 bridgehead atoms. The van der Waals surface area contributed by atoms with E-state index < -0.39 is 23.1 Å². The summed E-state index contributed by atoms with van der Waals surface area (Å²) >= 11 is 0. The zero-order valence-electron chi connectivity index (χ0n) is 14.6. The molecule has 0 heterocycles. The molecule has 0 aromatic heterocycles.